The highest BCUT2D eigenvalue weighted by Crippen LogP contribution is 2.30. The van der Waals surface area contributed by atoms with E-state index in [2.05, 4.69) is 4.74 Å². The minimum absolute atomic E-state index is 0.432. The molecule has 0 saturated carbocycles. The molecule has 1 heterocycles. The van der Waals surface area contributed by atoms with Crippen LogP contribution in [0.15, 0.2) is 11.1 Å². The van der Waals surface area contributed by atoms with Gasteiger partial charge >= 0.3 is 11.9 Å². The van der Waals surface area contributed by atoms with Gasteiger partial charge in [0.25, 0.3) is 5.85 Å². The molecule has 4 nitrogen and oxygen atoms in total. The zero-order valence-electron chi connectivity index (χ0n) is 5.71. The maximum atomic E-state index is 13.1. The summed E-state index contributed by atoms with van der Waals surface area (Å²) in [5.41, 5.74) is 0. The van der Waals surface area contributed by atoms with Crippen molar-refractivity contribution in [3.05, 3.63) is 11.1 Å². The molecule has 0 amide bonds. The molecule has 0 aliphatic carbocycles. The van der Waals surface area contributed by atoms with Crippen LogP contribution in [-0.2, 0) is 14.3 Å². The second-order valence-corrected chi connectivity index (χ2v) is 2.65. The molecule has 0 fully saturated rings. The van der Waals surface area contributed by atoms with Gasteiger partial charge in [-0.15, -0.1) is 0 Å². The number of carbonyl (C=O) groups is 2. The number of hydrogen-bond acceptors (Lipinski definition) is 3. The predicted octanol–water partition coefficient (Wildman–Crippen LogP) is 0.806. The molecule has 0 radical (unpaired) electrons. The summed E-state index contributed by atoms with van der Waals surface area (Å²) >= 11 is 5.18. The highest BCUT2D eigenvalue weighted by Gasteiger charge is 2.41. The Kier molecular flexibility index (Phi) is 2.06. The Morgan fingerprint density at radius 2 is 2.42 bits per heavy atom. The average Bonchev–Trinajstić information content (AvgIpc) is 2.04. The fourth-order valence-electron chi connectivity index (χ4n) is 0.774. The number of cyclic esters (lactones) is 1. The van der Waals surface area contributed by atoms with Crippen LogP contribution in [0.5, 0.6) is 0 Å². The zero-order valence-corrected chi connectivity index (χ0v) is 6.47. The Bertz CT molecular complexity index is 275. The molecule has 1 N–H and O–H groups in total. The summed E-state index contributed by atoms with van der Waals surface area (Å²) in [5.74, 6) is -5.03. The maximum absolute atomic E-state index is 13.1. The van der Waals surface area contributed by atoms with Crippen LogP contribution in [0.1, 0.15) is 6.42 Å². The first-order chi connectivity index (χ1) is 5.43. The topological polar surface area (TPSA) is 63.6 Å². The second-order valence-electron chi connectivity index (χ2n) is 2.24. The van der Waals surface area contributed by atoms with E-state index >= 15 is 0 Å². The number of halogens is 2. The van der Waals surface area contributed by atoms with Gasteiger partial charge in [-0.1, -0.05) is 11.6 Å². The minimum atomic E-state index is -2.58. The zero-order chi connectivity index (χ0) is 9.35. The van der Waals surface area contributed by atoms with Gasteiger partial charge in [0.2, 0.25) is 0 Å². The standard InChI is InChI=1S/C6H4ClFO4/c7-3-1-6(8,2-4(9)10)12-5(3)11/h1H,2H2,(H,9,10)/t6-/m1/s1. The molecule has 1 atom stereocenters. The molecule has 0 aromatic heterocycles. The van der Waals surface area contributed by atoms with Crippen LogP contribution in [0.2, 0.25) is 0 Å². The Morgan fingerprint density at radius 3 is 2.75 bits per heavy atom. The number of carbonyl (C=O) groups excluding carboxylic acids is 1. The number of esters is 1. The molecule has 1 aliphatic rings. The van der Waals surface area contributed by atoms with Gasteiger partial charge in [0.1, 0.15) is 11.5 Å². The summed E-state index contributed by atoms with van der Waals surface area (Å²) in [6.07, 6.45) is -0.292. The fourth-order valence-corrected chi connectivity index (χ4v) is 0.975. The molecule has 0 aromatic carbocycles. The van der Waals surface area contributed by atoms with Gasteiger partial charge in [-0.05, 0) is 0 Å². The summed E-state index contributed by atoms with van der Waals surface area (Å²) < 4.78 is 17.1. The first-order valence-electron chi connectivity index (χ1n) is 2.95. The van der Waals surface area contributed by atoms with E-state index in [9.17, 15) is 14.0 Å². The van der Waals surface area contributed by atoms with E-state index in [1.807, 2.05) is 0 Å². The minimum Gasteiger partial charge on any atom is -0.481 e. The molecule has 0 spiro atoms. The Morgan fingerprint density at radius 1 is 1.83 bits per heavy atom. The third-order valence-corrected chi connectivity index (χ3v) is 1.46. The van der Waals surface area contributed by atoms with Gasteiger partial charge in [0.05, 0.1) is 0 Å². The molecule has 0 unspecified atom stereocenters. The molecule has 6 heteroatoms. The number of carboxylic acid groups (broad SMARTS) is 1. The lowest BCUT2D eigenvalue weighted by Gasteiger charge is -2.12. The molecule has 1 rings (SSSR count). The average molecular weight is 195 g/mol. The van der Waals surface area contributed by atoms with Crippen molar-refractivity contribution >= 4 is 23.5 Å². The van der Waals surface area contributed by atoms with E-state index < -0.39 is 29.2 Å². The van der Waals surface area contributed by atoms with Gasteiger partial charge in [-0.3, -0.25) is 4.79 Å². The van der Waals surface area contributed by atoms with E-state index in [0.29, 0.717) is 6.08 Å². The number of rotatable bonds is 2. The smallest absolute Gasteiger partial charge is 0.352 e. The molecule has 0 aromatic rings. The maximum Gasteiger partial charge on any atom is 0.352 e. The van der Waals surface area contributed by atoms with Crippen molar-refractivity contribution in [1.82, 2.24) is 0 Å². The quantitative estimate of drug-likeness (QED) is 0.661. The van der Waals surface area contributed by atoms with Crippen molar-refractivity contribution in [1.29, 1.82) is 0 Å². The summed E-state index contributed by atoms with van der Waals surface area (Å²) in [4.78, 5) is 20.6. The van der Waals surface area contributed by atoms with Crippen molar-refractivity contribution in [2.45, 2.75) is 12.3 Å². The lowest BCUT2D eigenvalue weighted by Crippen LogP contribution is -2.25. The van der Waals surface area contributed by atoms with Gasteiger partial charge in [0, 0.05) is 6.08 Å². The van der Waals surface area contributed by atoms with Crippen molar-refractivity contribution in [3.8, 4) is 0 Å². The molecular formula is C6H4ClFO4. The van der Waals surface area contributed by atoms with Gasteiger partial charge in [-0.25, -0.2) is 4.79 Å². The highest BCUT2D eigenvalue weighted by atomic mass is 35.5. The Hall–Kier alpha value is -1.10. The number of ether oxygens (including phenoxy) is 1. The van der Waals surface area contributed by atoms with Crippen molar-refractivity contribution < 1.29 is 23.8 Å². The molecule has 0 bridgehead atoms. The predicted molar refractivity (Wildman–Crippen MR) is 36.1 cm³/mol. The summed E-state index contributed by atoms with van der Waals surface area (Å²) in [5, 5.41) is 7.78. The molecular weight excluding hydrogens is 191 g/mol. The second kappa shape index (κ2) is 2.75. The van der Waals surface area contributed by atoms with E-state index in [4.69, 9.17) is 16.7 Å². The fraction of sp³-hybridized carbons (Fsp3) is 0.333. The first-order valence-corrected chi connectivity index (χ1v) is 3.33. The van der Waals surface area contributed by atoms with Gasteiger partial charge in [-0.2, -0.15) is 4.39 Å². The van der Waals surface area contributed by atoms with Gasteiger partial charge < -0.3 is 9.84 Å². The summed E-state index contributed by atoms with van der Waals surface area (Å²) in [6, 6.07) is 0. The lowest BCUT2D eigenvalue weighted by molar-refractivity contribution is -0.166. The van der Waals surface area contributed by atoms with Crippen molar-refractivity contribution in [2.75, 3.05) is 0 Å². The number of aliphatic carboxylic acids is 1. The van der Waals surface area contributed by atoms with Crippen molar-refractivity contribution in [2.24, 2.45) is 0 Å². The van der Waals surface area contributed by atoms with Gasteiger partial charge in [0.15, 0.2) is 0 Å². The molecule has 1 aliphatic heterocycles. The van der Waals surface area contributed by atoms with Crippen LogP contribution in [0.3, 0.4) is 0 Å². The monoisotopic (exact) mass is 194 g/mol. The van der Waals surface area contributed by atoms with Crippen molar-refractivity contribution in [3.63, 3.8) is 0 Å². The number of carboxylic acids is 1. The number of alkyl halides is 1. The first kappa shape index (κ1) is 8.99. The number of hydrogen-bond donors (Lipinski definition) is 1. The van der Waals surface area contributed by atoms with Crippen LogP contribution >= 0.6 is 11.6 Å². The van der Waals surface area contributed by atoms with Crippen LogP contribution in [0.4, 0.5) is 4.39 Å². The Balaban J connectivity index is 2.77. The van der Waals surface area contributed by atoms with Crippen LogP contribution in [0.25, 0.3) is 0 Å². The molecule has 0 saturated heterocycles. The molecule has 66 valence electrons. The molecule has 12 heavy (non-hydrogen) atoms. The third kappa shape index (κ3) is 1.73. The van der Waals surface area contributed by atoms with Crippen LogP contribution < -0.4 is 0 Å². The normalized spacial score (nSPS) is 28.2. The van der Waals surface area contributed by atoms with Crippen LogP contribution in [-0.4, -0.2) is 22.9 Å². The van der Waals surface area contributed by atoms with E-state index in [0.717, 1.165) is 0 Å². The Labute approximate surface area is 71.6 Å². The van der Waals surface area contributed by atoms with E-state index in [1.165, 1.54) is 0 Å². The summed E-state index contributed by atoms with van der Waals surface area (Å²) in [7, 11) is 0. The van der Waals surface area contributed by atoms with Crippen LogP contribution in [0, 0.1) is 0 Å². The third-order valence-electron chi connectivity index (χ3n) is 1.19. The summed E-state index contributed by atoms with van der Waals surface area (Å²) in [6.45, 7) is 0. The highest BCUT2D eigenvalue weighted by molar-refractivity contribution is 6.41. The largest absolute Gasteiger partial charge is 0.481 e. The SMILES string of the molecule is O=C(O)C[C@@]1(F)C=C(Cl)C(=O)O1. The van der Waals surface area contributed by atoms with E-state index in [-0.39, 0.29) is 0 Å². The van der Waals surface area contributed by atoms with E-state index in [1.54, 1.807) is 0 Å². The lowest BCUT2D eigenvalue weighted by atomic mass is 10.2.